The van der Waals surface area contributed by atoms with Gasteiger partial charge in [-0.05, 0) is 31.5 Å². The van der Waals surface area contributed by atoms with Gasteiger partial charge in [0, 0.05) is 16.3 Å². The number of nitrogens with zero attached hydrogens (tertiary/aromatic N) is 1. The monoisotopic (exact) mass is 459 g/mol. The van der Waals surface area contributed by atoms with Crippen LogP contribution < -0.4 is 14.4 Å². The highest BCUT2D eigenvalue weighted by Gasteiger charge is 2.38. The first-order chi connectivity index (χ1) is 15.7. The minimum atomic E-state index is -3.18. The van der Waals surface area contributed by atoms with Crippen LogP contribution in [-0.2, 0) is 17.8 Å². The van der Waals surface area contributed by atoms with Gasteiger partial charge in [-0.1, -0.05) is 30.3 Å². The molecule has 9 heteroatoms. The van der Waals surface area contributed by atoms with E-state index in [0.29, 0.717) is 16.7 Å². The maximum Gasteiger partial charge on any atom is 0.387 e. The summed E-state index contributed by atoms with van der Waals surface area (Å²) in [5, 5.41) is 9.69. The quantitative estimate of drug-likeness (QED) is 0.529. The first kappa shape index (κ1) is 22.4. The molecule has 0 saturated carbocycles. The van der Waals surface area contributed by atoms with Crippen molar-refractivity contribution in [3.8, 4) is 11.5 Å². The van der Waals surface area contributed by atoms with E-state index in [-0.39, 0.29) is 47.0 Å². The number of carboxylic acids is 1. The summed E-state index contributed by atoms with van der Waals surface area (Å²) in [4.78, 5) is 25.4. The largest absolute Gasteiger partial charge is 0.490 e. The molecule has 1 aliphatic rings. The van der Waals surface area contributed by atoms with Crippen molar-refractivity contribution >= 4 is 28.3 Å². The number of carboxylic acid groups (broad SMARTS) is 1. The summed E-state index contributed by atoms with van der Waals surface area (Å²) >= 11 is 0. The normalized spacial score (nSPS) is 13.2. The van der Waals surface area contributed by atoms with E-state index in [4.69, 9.17) is 14.6 Å². The first-order valence-electron chi connectivity index (χ1n) is 10.2. The fraction of sp³-hybridized carbons (Fsp3) is 0.250. The molecule has 0 aromatic heterocycles. The molecule has 0 aliphatic carbocycles. The summed E-state index contributed by atoms with van der Waals surface area (Å²) in [5.74, 6) is -2.59. The SMILES string of the molecule is CC(C)Oc1c2c(c(OC(F)F)c3ccccc13)C(=O)N(c1ccc(CC(=O)O)cc1F)C2. The van der Waals surface area contributed by atoms with E-state index in [1.807, 2.05) is 0 Å². The van der Waals surface area contributed by atoms with Crippen molar-refractivity contribution in [1.82, 2.24) is 0 Å². The topological polar surface area (TPSA) is 76.1 Å². The Bertz CT molecular complexity index is 1260. The number of carbonyl (C=O) groups excluding carboxylic acids is 1. The van der Waals surface area contributed by atoms with Crippen LogP contribution in [0.5, 0.6) is 11.5 Å². The lowest BCUT2D eigenvalue weighted by atomic mass is 9.99. The molecule has 0 bridgehead atoms. The van der Waals surface area contributed by atoms with E-state index in [1.165, 1.54) is 12.1 Å². The second kappa shape index (κ2) is 8.65. The van der Waals surface area contributed by atoms with Gasteiger partial charge >= 0.3 is 12.6 Å². The Morgan fingerprint density at radius 3 is 2.33 bits per heavy atom. The van der Waals surface area contributed by atoms with Crippen LogP contribution in [0.25, 0.3) is 10.8 Å². The zero-order valence-electron chi connectivity index (χ0n) is 17.8. The van der Waals surface area contributed by atoms with Gasteiger partial charge < -0.3 is 19.5 Å². The third-order valence-corrected chi connectivity index (χ3v) is 5.21. The highest BCUT2D eigenvalue weighted by molar-refractivity contribution is 6.17. The molecule has 3 aromatic carbocycles. The fourth-order valence-corrected chi connectivity index (χ4v) is 4.00. The van der Waals surface area contributed by atoms with E-state index in [1.54, 1.807) is 38.1 Å². The van der Waals surface area contributed by atoms with E-state index in [0.717, 1.165) is 11.0 Å². The molecule has 0 unspecified atom stereocenters. The van der Waals surface area contributed by atoms with E-state index in [2.05, 4.69) is 0 Å². The van der Waals surface area contributed by atoms with Gasteiger partial charge in [0.2, 0.25) is 0 Å². The molecular weight excluding hydrogens is 439 g/mol. The van der Waals surface area contributed by atoms with Crippen LogP contribution in [0.3, 0.4) is 0 Å². The number of fused-ring (bicyclic) bond motifs is 2. The van der Waals surface area contributed by atoms with Gasteiger partial charge in [0.25, 0.3) is 5.91 Å². The molecule has 4 rings (SSSR count). The summed E-state index contributed by atoms with van der Waals surface area (Å²) in [6, 6.07) is 10.3. The van der Waals surface area contributed by atoms with Crippen LogP contribution >= 0.6 is 0 Å². The second-order valence-electron chi connectivity index (χ2n) is 7.85. The number of carbonyl (C=O) groups is 2. The molecular formula is C24H20F3NO5. The Morgan fingerprint density at radius 1 is 1.09 bits per heavy atom. The van der Waals surface area contributed by atoms with Gasteiger partial charge in [0.05, 0.1) is 30.3 Å². The van der Waals surface area contributed by atoms with Crippen LogP contribution in [0.4, 0.5) is 18.9 Å². The molecule has 3 aromatic rings. The number of amides is 1. The highest BCUT2D eigenvalue weighted by atomic mass is 19.3. The van der Waals surface area contributed by atoms with Gasteiger partial charge in [-0.15, -0.1) is 0 Å². The first-order valence-corrected chi connectivity index (χ1v) is 10.2. The van der Waals surface area contributed by atoms with Crippen LogP contribution in [0.15, 0.2) is 42.5 Å². The van der Waals surface area contributed by atoms with Gasteiger partial charge in [-0.3, -0.25) is 9.59 Å². The smallest absolute Gasteiger partial charge is 0.387 e. The number of benzene rings is 3. The molecule has 0 saturated heterocycles. The van der Waals surface area contributed by atoms with Crippen molar-refractivity contribution in [2.75, 3.05) is 4.90 Å². The van der Waals surface area contributed by atoms with Crippen molar-refractivity contribution in [2.24, 2.45) is 0 Å². The van der Waals surface area contributed by atoms with Gasteiger partial charge in [0.15, 0.2) is 0 Å². The van der Waals surface area contributed by atoms with Crippen molar-refractivity contribution < 1.29 is 37.3 Å². The van der Waals surface area contributed by atoms with E-state index in [9.17, 15) is 22.8 Å². The summed E-state index contributed by atoms with van der Waals surface area (Å²) in [6.45, 7) is 0.277. The van der Waals surface area contributed by atoms with Crippen LogP contribution in [0.2, 0.25) is 0 Å². The minimum absolute atomic E-state index is 0.104. The average molecular weight is 459 g/mol. The maximum absolute atomic E-state index is 14.9. The molecule has 1 heterocycles. The summed E-state index contributed by atoms with van der Waals surface area (Å²) in [7, 11) is 0. The van der Waals surface area contributed by atoms with Gasteiger partial charge in [-0.2, -0.15) is 8.78 Å². The highest BCUT2D eigenvalue weighted by Crippen LogP contribution is 2.47. The third kappa shape index (κ3) is 4.18. The number of halogens is 3. The molecule has 0 atom stereocenters. The number of rotatable bonds is 7. The maximum atomic E-state index is 14.9. The number of ether oxygens (including phenoxy) is 2. The average Bonchev–Trinajstić information content (AvgIpc) is 3.06. The molecule has 1 aliphatic heterocycles. The standard InChI is InChI=1S/C24H20F3NO5/c1-12(2)32-21-14-5-3-4-6-15(14)22(33-24(26)27)20-16(21)11-28(23(20)31)18-8-7-13(9-17(18)25)10-19(29)30/h3-9,12,24H,10-11H2,1-2H3,(H,29,30). The molecule has 0 fully saturated rings. The predicted octanol–water partition coefficient (Wildman–Crippen LogP) is 5.16. The fourth-order valence-electron chi connectivity index (χ4n) is 4.00. The molecule has 0 spiro atoms. The Balaban J connectivity index is 1.89. The Hall–Kier alpha value is -3.75. The summed E-state index contributed by atoms with van der Waals surface area (Å²) < 4.78 is 52.2. The number of hydrogen-bond donors (Lipinski definition) is 1. The van der Waals surface area contributed by atoms with Gasteiger partial charge in [0.1, 0.15) is 17.3 Å². The Labute approximate surface area is 187 Å². The van der Waals surface area contributed by atoms with Gasteiger partial charge in [-0.25, -0.2) is 4.39 Å². The zero-order valence-corrected chi connectivity index (χ0v) is 17.8. The summed E-state index contributed by atoms with van der Waals surface area (Å²) in [6.07, 6.45) is -0.661. The molecule has 1 N–H and O–H groups in total. The minimum Gasteiger partial charge on any atom is -0.490 e. The Morgan fingerprint density at radius 2 is 1.76 bits per heavy atom. The lowest BCUT2D eigenvalue weighted by Crippen LogP contribution is -2.24. The Kier molecular flexibility index (Phi) is 5.88. The third-order valence-electron chi connectivity index (χ3n) is 5.21. The second-order valence-corrected chi connectivity index (χ2v) is 7.85. The van der Waals surface area contributed by atoms with Crippen molar-refractivity contribution in [3.63, 3.8) is 0 Å². The number of aliphatic carboxylic acids is 1. The molecule has 1 amide bonds. The molecule has 33 heavy (non-hydrogen) atoms. The number of anilines is 1. The van der Waals surface area contributed by atoms with Crippen molar-refractivity contribution in [1.29, 1.82) is 0 Å². The van der Waals surface area contributed by atoms with Crippen molar-refractivity contribution in [3.05, 3.63) is 65.0 Å². The van der Waals surface area contributed by atoms with E-state index < -0.39 is 24.3 Å². The lowest BCUT2D eigenvalue weighted by Gasteiger charge is -2.19. The molecule has 172 valence electrons. The zero-order chi connectivity index (χ0) is 23.9. The molecule has 6 nitrogen and oxygen atoms in total. The number of hydrogen-bond acceptors (Lipinski definition) is 4. The summed E-state index contributed by atoms with van der Waals surface area (Å²) in [5.41, 5.74) is 0.327. The lowest BCUT2D eigenvalue weighted by molar-refractivity contribution is -0.136. The van der Waals surface area contributed by atoms with Crippen LogP contribution in [0, 0.1) is 5.82 Å². The predicted molar refractivity (Wildman–Crippen MR) is 115 cm³/mol. The molecule has 0 radical (unpaired) electrons. The number of alkyl halides is 2. The van der Waals surface area contributed by atoms with Crippen LogP contribution in [-0.4, -0.2) is 29.7 Å². The van der Waals surface area contributed by atoms with Crippen LogP contribution in [0.1, 0.15) is 35.3 Å². The van der Waals surface area contributed by atoms with Crippen molar-refractivity contribution in [2.45, 2.75) is 39.5 Å². The van der Waals surface area contributed by atoms with E-state index >= 15 is 0 Å².